The maximum atomic E-state index is 13.3. The largest absolute Gasteiger partial charge is 0.465 e. The first-order valence-corrected chi connectivity index (χ1v) is 4.16. The number of rotatable bonds is 1. The van der Waals surface area contributed by atoms with Crippen LogP contribution in [0.5, 0.6) is 0 Å². The minimum absolute atomic E-state index is 0.132. The van der Waals surface area contributed by atoms with Crippen molar-refractivity contribution in [2.24, 2.45) is 0 Å². The van der Waals surface area contributed by atoms with Crippen LogP contribution in [0.1, 0.15) is 15.9 Å². The van der Waals surface area contributed by atoms with Crippen LogP contribution < -0.4 is 0 Å². The summed E-state index contributed by atoms with van der Waals surface area (Å²) in [5, 5.41) is 8.44. The number of carbonyl (C=O) groups is 1. The van der Waals surface area contributed by atoms with Crippen molar-refractivity contribution in [2.45, 2.75) is 0 Å². The number of esters is 1. The van der Waals surface area contributed by atoms with Crippen LogP contribution in [0.4, 0.5) is 4.39 Å². The molecule has 0 aliphatic carbocycles. The molecule has 1 aromatic carbocycles. The third kappa shape index (κ3) is 2.79. The van der Waals surface area contributed by atoms with E-state index in [0.717, 1.165) is 6.07 Å². The number of ether oxygens (including phenoxy) is 1. The first kappa shape index (κ1) is 11.2. The molecule has 0 aliphatic heterocycles. The topological polar surface area (TPSA) is 46.5 Å². The molecule has 0 aromatic heterocycles. The molecule has 0 radical (unpaired) electrons. The summed E-state index contributed by atoms with van der Waals surface area (Å²) in [4.78, 5) is 11.0. The maximum Gasteiger partial charge on any atom is 0.340 e. The Bertz CT molecular complexity index is 429. The Labute approximate surface area is 86.5 Å². The second kappa shape index (κ2) is 5.13. The fourth-order valence-corrected chi connectivity index (χ4v) is 1.01. The normalized spacial score (nSPS) is 9.00. The summed E-state index contributed by atoms with van der Waals surface area (Å²) < 4.78 is 17.7. The lowest BCUT2D eigenvalue weighted by Gasteiger charge is -2.00. The molecule has 0 saturated carbocycles. The van der Waals surface area contributed by atoms with Gasteiger partial charge in [0.25, 0.3) is 0 Å². The van der Waals surface area contributed by atoms with Gasteiger partial charge in [-0.1, -0.05) is 11.8 Å². The van der Waals surface area contributed by atoms with Gasteiger partial charge in [-0.3, -0.25) is 0 Å². The molecule has 0 bridgehead atoms. The van der Waals surface area contributed by atoms with Gasteiger partial charge in [-0.2, -0.15) is 0 Å². The van der Waals surface area contributed by atoms with Crippen molar-refractivity contribution in [3.05, 3.63) is 35.1 Å². The zero-order valence-electron chi connectivity index (χ0n) is 8.08. The Morgan fingerprint density at radius 2 is 2.33 bits per heavy atom. The van der Waals surface area contributed by atoms with Crippen LogP contribution in [-0.4, -0.2) is 24.8 Å². The van der Waals surface area contributed by atoms with Crippen LogP contribution in [0.2, 0.25) is 0 Å². The van der Waals surface area contributed by atoms with Gasteiger partial charge in [0.1, 0.15) is 12.4 Å². The number of hydrogen-bond acceptors (Lipinski definition) is 3. The third-order valence-electron chi connectivity index (χ3n) is 1.69. The lowest BCUT2D eigenvalue weighted by Crippen LogP contribution is -2.04. The number of hydrogen-bond donors (Lipinski definition) is 1. The van der Waals surface area contributed by atoms with E-state index in [1.54, 1.807) is 0 Å². The molecule has 15 heavy (non-hydrogen) atoms. The van der Waals surface area contributed by atoms with Gasteiger partial charge < -0.3 is 9.84 Å². The smallest absolute Gasteiger partial charge is 0.340 e. The highest BCUT2D eigenvalue weighted by atomic mass is 19.1. The van der Waals surface area contributed by atoms with Crippen molar-refractivity contribution in [3.8, 4) is 11.8 Å². The monoisotopic (exact) mass is 208 g/mol. The van der Waals surface area contributed by atoms with E-state index in [-0.39, 0.29) is 12.2 Å². The Hall–Kier alpha value is -1.86. The number of methoxy groups -OCH3 is 1. The van der Waals surface area contributed by atoms with Gasteiger partial charge in [0, 0.05) is 5.56 Å². The molecule has 3 nitrogen and oxygen atoms in total. The molecule has 1 aromatic rings. The molecule has 0 spiro atoms. The number of carbonyl (C=O) groups excluding carboxylic acids is 1. The van der Waals surface area contributed by atoms with Gasteiger partial charge in [-0.15, -0.1) is 0 Å². The van der Waals surface area contributed by atoms with Crippen LogP contribution in [0.15, 0.2) is 18.2 Å². The van der Waals surface area contributed by atoms with Crippen LogP contribution in [0, 0.1) is 17.7 Å². The Kier molecular flexibility index (Phi) is 3.83. The molecular formula is C11H9FO3. The van der Waals surface area contributed by atoms with Gasteiger partial charge in [0.2, 0.25) is 0 Å². The molecule has 0 saturated heterocycles. The molecular weight excluding hydrogens is 199 g/mol. The summed E-state index contributed by atoms with van der Waals surface area (Å²) in [6.45, 7) is -0.291. The van der Waals surface area contributed by atoms with Gasteiger partial charge in [-0.25, -0.2) is 9.18 Å². The van der Waals surface area contributed by atoms with Crippen molar-refractivity contribution in [2.75, 3.05) is 13.7 Å². The van der Waals surface area contributed by atoms with Crippen molar-refractivity contribution >= 4 is 5.97 Å². The van der Waals surface area contributed by atoms with E-state index in [2.05, 4.69) is 16.6 Å². The number of halogens is 1. The maximum absolute atomic E-state index is 13.3. The molecule has 0 aliphatic rings. The zero-order chi connectivity index (χ0) is 11.3. The SMILES string of the molecule is COC(=O)c1ccc(C#CCO)cc1F. The molecule has 0 atom stereocenters. The Morgan fingerprint density at radius 3 is 2.87 bits per heavy atom. The first-order chi connectivity index (χ1) is 7.19. The van der Waals surface area contributed by atoms with Gasteiger partial charge in [-0.05, 0) is 18.2 Å². The van der Waals surface area contributed by atoms with E-state index in [1.165, 1.54) is 19.2 Å². The fraction of sp³-hybridized carbons (Fsp3) is 0.182. The number of benzene rings is 1. The highest BCUT2D eigenvalue weighted by Gasteiger charge is 2.11. The summed E-state index contributed by atoms with van der Waals surface area (Å²) in [6.07, 6.45) is 0. The van der Waals surface area contributed by atoms with Crippen LogP contribution in [0.25, 0.3) is 0 Å². The molecule has 1 N–H and O–H groups in total. The Balaban J connectivity index is 3.03. The lowest BCUT2D eigenvalue weighted by atomic mass is 10.1. The number of aliphatic hydroxyl groups is 1. The molecule has 4 heteroatoms. The van der Waals surface area contributed by atoms with Gasteiger partial charge in [0.15, 0.2) is 0 Å². The summed E-state index contributed by atoms with van der Waals surface area (Å²) in [7, 11) is 1.18. The van der Waals surface area contributed by atoms with E-state index in [1.807, 2.05) is 0 Å². The second-order valence-corrected chi connectivity index (χ2v) is 2.65. The third-order valence-corrected chi connectivity index (χ3v) is 1.69. The fourth-order valence-electron chi connectivity index (χ4n) is 1.01. The minimum atomic E-state index is -0.728. The molecule has 0 unspecified atom stereocenters. The number of aliphatic hydroxyl groups excluding tert-OH is 1. The van der Waals surface area contributed by atoms with E-state index >= 15 is 0 Å². The van der Waals surface area contributed by atoms with E-state index < -0.39 is 11.8 Å². The minimum Gasteiger partial charge on any atom is -0.465 e. The molecule has 1 rings (SSSR count). The van der Waals surface area contributed by atoms with Gasteiger partial charge >= 0.3 is 5.97 Å². The predicted molar refractivity (Wildman–Crippen MR) is 51.7 cm³/mol. The second-order valence-electron chi connectivity index (χ2n) is 2.65. The van der Waals surface area contributed by atoms with Crippen LogP contribution in [-0.2, 0) is 4.74 Å². The van der Waals surface area contributed by atoms with Crippen molar-refractivity contribution in [1.82, 2.24) is 0 Å². The zero-order valence-corrected chi connectivity index (χ0v) is 8.08. The van der Waals surface area contributed by atoms with Gasteiger partial charge in [0.05, 0.1) is 12.7 Å². The first-order valence-electron chi connectivity index (χ1n) is 4.16. The van der Waals surface area contributed by atoms with Crippen LogP contribution in [0.3, 0.4) is 0 Å². The van der Waals surface area contributed by atoms with E-state index in [0.29, 0.717) is 5.56 Å². The standard InChI is InChI=1S/C11H9FO3/c1-15-11(14)9-5-4-8(3-2-6-13)7-10(9)12/h4-5,7,13H,6H2,1H3. The van der Waals surface area contributed by atoms with Crippen molar-refractivity contribution in [1.29, 1.82) is 0 Å². The average molecular weight is 208 g/mol. The highest BCUT2D eigenvalue weighted by molar-refractivity contribution is 5.89. The van der Waals surface area contributed by atoms with Crippen molar-refractivity contribution < 1.29 is 19.0 Å². The average Bonchev–Trinajstić information content (AvgIpc) is 2.25. The van der Waals surface area contributed by atoms with Crippen LogP contribution >= 0.6 is 0 Å². The Morgan fingerprint density at radius 1 is 1.60 bits per heavy atom. The summed E-state index contributed by atoms with van der Waals surface area (Å²) in [5.74, 6) is 3.49. The quantitative estimate of drug-likeness (QED) is 0.552. The van der Waals surface area contributed by atoms with Crippen molar-refractivity contribution in [3.63, 3.8) is 0 Å². The molecule has 78 valence electrons. The lowest BCUT2D eigenvalue weighted by molar-refractivity contribution is 0.0595. The highest BCUT2D eigenvalue weighted by Crippen LogP contribution is 2.10. The predicted octanol–water partition coefficient (Wildman–Crippen LogP) is 0.956. The summed E-state index contributed by atoms with van der Waals surface area (Å²) in [5.41, 5.74) is 0.265. The van der Waals surface area contributed by atoms with E-state index in [4.69, 9.17) is 5.11 Å². The molecule has 0 fully saturated rings. The summed E-state index contributed by atoms with van der Waals surface area (Å²) >= 11 is 0. The molecule has 0 heterocycles. The van der Waals surface area contributed by atoms with E-state index in [9.17, 15) is 9.18 Å². The molecule has 0 amide bonds. The summed E-state index contributed by atoms with van der Waals surface area (Å²) in [6, 6.07) is 3.90.